The smallest absolute Gasteiger partial charge is 0.350 e. The molecular formula is C12H17F3N4. The maximum Gasteiger partial charge on any atom is 0.416 e. The molecule has 19 heavy (non-hydrogen) atoms. The van der Waals surface area contributed by atoms with Gasteiger partial charge in [0.15, 0.2) is 0 Å². The van der Waals surface area contributed by atoms with Gasteiger partial charge in [-0.05, 0) is 19.2 Å². The number of hydrogen-bond acceptors (Lipinski definition) is 4. The molecule has 2 N–H and O–H groups in total. The Bertz CT molecular complexity index is 435. The van der Waals surface area contributed by atoms with Gasteiger partial charge in [-0.2, -0.15) is 13.2 Å². The lowest BCUT2D eigenvalue weighted by atomic mass is 10.1. The van der Waals surface area contributed by atoms with E-state index in [2.05, 4.69) is 9.88 Å². The van der Waals surface area contributed by atoms with E-state index >= 15 is 0 Å². The number of nitrogens with zero attached hydrogens (tertiary/aromatic N) is 3. The average Bonchev–Trinajstić information content (AvgIpc) is 2.37. The Balaban J connectivity index is 2.25. The fourth-order valence-corrected chi connectivity index (χ4v) is 2.27. The second-order valence-electron chi connectivity index (χ2n) is 4.75. The van der Waals surface area contributed by atoms with Crippen LogP contribution < -0.4 is 10.6 Å². The number of rotatable bonds is 2. The van der Waals surface area contributed by atoms with Crippen LogP contribution in [0, 0.1) is 0 Å². The number of halogens is 3. The second kappa shape index (κ2) is 5.34. The lowest BCUT2D eigenvalue weighted by Gasteiger charge is -2.40. The quantitative estimate of drug-likeness (QED) is 0.879. The number of hydrogen-bond donors (Lipinski definition) is 1. The van der Waals surface area contributed by atoms with Gasteiger partial charge in [0.2, 0.25) is 0 Å². The minimum Gasteiger partial charge on any atom is -0.350 e. The summed E-state index contributed by atoms with van der Waals surface area (Å²) in [6.45, 7) is 2.54. The van der Waals surface area contributed by atoms with Crippen molar-refractivity contribution >= 4 is 5.82 Å². The summed E-state index contributed by atoms with van der Waals surface area (Å²) in [4.78, 5) is 8.02. The van der Waals surface area contributed by atoms with Crippen molar-refractivity contribution in [2.45, 2.75) is 12.2 Å². The molecule has 0 saturated carbocycles. The lowest BCUT2D eigenvalue weighted by Crippen LogP contribution is -2.55. The predicted molar refractivity (Wildman–Crippen MR) is 66.9 cm³/mol. The van der Waals surface area contributed by atoms with Crippen LogP contribution in [0.15, 0.2) is 18.3 Å². The number of pyridine rings is 1. The van der Waals surface area contributed by atoms with E-state index in [-0.39, 0.29) is 6.04 Å². The van der Waals surface area contributed by atoms with Gasteiger partial charge in [0.1, 0.15) is 5.82 Å². The summed E-state index contributed by atoms with van der Waals surface area (Å²) in [5.74, 6) is 0.346. The van der Waals surface area contributed by atoms with Crippen LogP contribution in [0.2, 0.25) is 0 Å². The molecule has 1 aliphatic heterocycles. The Hall–Kier alpha value is -1.34. The highest BCUT2D eigenvalue weighted by Gasteiger charge is 2.32. The van der Waals surface area contributed by atoms with Crippen LogP contribution in [0.3, 0.4) is 0 Å². The first kappa shape index (κ1) is 14.1. The summed E-state index contributed by atoms with van der Waals surface area (Å²) >= 11 is 0. The van der Waals surface area contributed by atoms with Crippen LogP contribution >= 0.6 is 0 Å². The van der Waals surface area contributed by atoms with E-state index in [1.54, 1.807) is 0 Å². The van der Waals surface area contributed by atoms with E-state index in [4.69, 9.17) is 5.73 Å². The number of aromatic nitrogens is 1. The van der Waals surface area contributed by atoms with Crippen molar-refractivity contribution in [3.05, 3.63) is 23.9 Å². The van der Waals surface area contributed by atoms with E-state index in [1.807, 2.05) is 11.9 Å². The molecule has 1 saturated heterocycles. The second-order valence-corrected chi connectivity index (χ2v) is 4.75. The predicted octanol–water partition coefficient (Wildman–Crippen LogP) is 1.18. The first-order chi connectivity index (χ1) is 8.91. The van der Waals surface area contributed by atoms with Gasteiger partial charge in [-0.15, -0.1) is 0 Å². The molecule has 1 aliphatic rings. The van der Waals surface area contributed by atoms with Crippen LogP contribution in [0.25, 0.3) is 0 Å². The van der Waals surface area contributed by atoms with Crippen LogP contribution in [0.5, 0.6) is 0 Å². The molecule has 7 heteroatoms. The summed E-state index contributed by atoms with van der Waals surface area (Å²) < 4.78 is 38.1. The van der Waals surface area contributed by atoms with Crippen molar-refractivity contribution < 1.29 is 13.2 Å². The largest absolute Gasteiger partial charge is 0.416 e. The fourth-order valence-electron chi connectivity index (χ4n) is 2.27. The highest BCUT2D eigenvalue weighted by Crippen LogP contribution is 2.31. The molecule has 0 aliphatic carbocycles. The highest BCUT2D eigenvalue weighted by molar-refractivity contribution is 5.43. The van der Waals surface area contributed by atoms with Gasteiger partial charge in [-0.25, -0.2) is 4.98 Å². The molecule has 0 bridgehead atoms. The minimum absolute atomic E-state index is 0.00488. The molecule has 0 amide bonds. The van der Waals surface area contributed by atoms with Crippen LogP contribution in [-0.4, -0.2) is 49.2 Å². The topological polar surface area (TPSA) is 45.4 Å². The van der Waals surface area contributed by atoms with Gasteiger partial charge < -0.3 is 15.5 Å². The van der Waals surface area contributed by atoms with Crippen molar-refractivity contribution in [3.8, 4) is 0 Å². The number of likely N-dealkylation sites (N-methyl/N-ethyl adjacent to an activating group) is 1. The van der Waals surface area contributed by atoms with E-state index < -0.39 is 11.7 Å². The molecule has 1 fully saturated rings. The molecule has 1 aromatic heterocycles. The number of piperazine rings is 1. The molecule has 0 spiro atoms. The van der Waals surface area contributed by atoms with Gasteiger partial charge in [0.05, 0.1) is 11.6 Å². The van der Waals surface area contributed by atoms with E-state index in [9.17, 15) is 13.2 Å². The molecule has 1 atom stereocenters. The van der Waals surface area contributed by atoms with Crippen molar-refractivity contribution in [2.24, 2.45) is 5.73 Å². The zero-order valence-corrected chi connectivity index (χ0v) is 10.7. The van der Waals surface area contributed by atoms with Gasteiger partial charge >= 0.3 is 6.18 Å². The Labute approximate surface area is 110 Å². The zero-order valence-electron chi connectivity index (χ0n) is 10.7. The number of alkyl halides is 3. The van der Waals surface area contributed by atoms with E-state index in [0.29, 0.717) is 18.9 Å². The molecular weight excluding hydrogens is 257 g/mol. The van der Waals surface area contributed by atoms with Crippen LogP contribution in [0.1, 0.15) is 5.56 Å². The van der Waals surface area contributed by atoms with Gasteiger partial charge in [-0.1, -0.05) is 0 Å². The minimum atomic E-state index is -4.34. The average molecular weight is 274 g/mol. The Kier molecular flexibility index (Phi) is 3.96. The molecule has 4 nitrogen and oxygen atoms in total. The maximum atomic E-state index is 12.7. The van der Waals surface area contributed by atoms with Crippen molar-refractivity contribution in [1.82, 2.24) is 9.88 Å². The monoisotopic (exact) mass is 274 g/mol. The van der Waals surface area contributed by atoms with Crippen molar-refractivity contribution in [3.63, 3.8) is 0 Å². The van der Waals surface area contributed by atoms with E-state index in [1.165, 1.54) is 6.20 Å². The Morgan fingerprint density at radius 2 is 2.16 bits per heavy atom. The standard InChI is InChI=1S/C12H17F3N4/c1-18-4-5-19(10(7-16)8-18)11-6-9(2-3-17-11)12(13,14)15/h2-3,6,10H,4-5,7-8,16H2,1H3. The van der Waals surface area contributed by atoms with Crippen molar-refractivity contribution in [2.75, 3.05) is 38.1 Å². The van der Waals surface area contributed by atoms with Crippen LogP contribution in [-0.2, 0) is 6.18 Å². The number of nitrogens with two attached hydrogens (primary N) is 1. The molecule has 1 unspecified atom stereocenters. The summed E-state index contributed by atoms with van der Waals surface area (Å²) in [5.41, 5.74) is 5.02. The fraction of sp³-hybridized carbons (Fsp3) is 0.583. The summed E-state index contributed by atoms with van der Waals surface area (Å²) in [7, 11) is 1.97. The third-order valence-corrected chi connectivity index (χ3v) is 3.32. The van der Waals surface area contributed by atoms with Gasteiger partial charge in [-0.3, -0.25) is 0 Å². The molecule has 0 aromatic carbocycles. The Morgan fingerprint density at radius 3 is 2.79 bits per heavy atom. The highest BCUT2D eigenvalue weighted by atomic mass is 19.4. The molecule has 2 heterocycles. The zero-order chi connectivity index (χ0) is 14.0. The van der Waals surface area contributed by atoms with E-state index in [0.717, 1.165) is 25.2 Å². The summed E-state index contributed by atoms with van der Waals surface area (Å²) in [6.07, 6.45) is -3.15. The molecule has 2 rings (SSSR count). The van der Waals surface area contributed by atoms with Crippen molar-refractivity contribution in [1.29, 1.82) is 0 Å². The van der Waals surface area contributed by atoms with Crippen LogP contribution in [0.4, 0.5) is 19.0 Å². The SMILES string of the molecule is CN1CCN(c2cc(C(F)(F)F)ccn2)C(CN)C1. The third-order valence-electron chi connectivity index (χ3n) is 3.32. The first-order valence-electron chi connectivity index (χ1n) is 6.10. The molecule has 106 valence electrons. The summed E-state index contributed by atoms with van der Waals surface area (Å²) in [5, 5.41) is 0. The lowest BCUT2D eigenvalue weighted by molar-refractivity contribution is -0.137. The third kappa shape index (κ3) is 3.16. The first-order valence-corrected chi connectivity index (χ1v) is 6.10. The molecule has 0 radical (unpaired) electrons. The molecule has 1 aromatic rings. The maximum absolute atomic E-state index is 12.7. The summed E-state index contributed by atoms with van der Waals surface area (Å²) in [6, 6.07) is 2.07. The Morgan fingerprint density at radius 1 is 1.42 bits per heavy atom. The van der Waals surface area contributed by atoms with Gasteiger partial charge in [0, 0.05) is 32.4 Å². The van der Waals surface area contributed by atoms with Gasteiger partial charge in [0.25, 0.3) is 0 Å². The number of anilines is 1. The normalized spacial score (nSPS) is 21.7.